The van der Waals surface area contributed by atoms with Gasteiger partial charge in [0.2, 0.25) is 0 Å². The minimum Gasteiger partial charge on any atom is -0.253 e. The number of unbranched alkanes of at least 4 members (excludes halogenated alkanes) is 1. The number of rotatable bonds is 8. The summed E-state index contributed by atoms with van der Waals surface area (Å²) in [5.74, 6) is 1.43. The number of benzene rings is 2. The Labute approximate surface area is 205 Å². The van der Waals surface area contributed by atoms with Crippen molar-refractivity contribution in [2.24, 2.45) is 10.9 Å². The molecule has 0 aliphatic heterocycles. The van der Waals surface area contributed by atoms with E-state index in [0.717, 1.165) is 34.9 Å². The Balaban J connectivity index is 0.000000968. The van der Waals surface area contributed by atoms with Crippen molar-refractivity contribution in [3.05, 3.63) is 83.4 Å². The van der Waals surface area contributed by atoms with Crippen molar-refractivity contribution in [3.8, 4) is 0 Å². The maximum atomic E-state index is 4.69. The Morgan fingerprint density at radius 2 is 1.30 bits per heavy atom. The van der Waals surface area contributed by atoms with Crippen LogP contribution >= 0.6 is 0 Å². The van der Waals surface area contributed by atoms with Crippen molar-refractivity contribution >= 4 is 17.5 Å². The zero-order valence-electron chi connectivity index (χ0n) is 22.9. The van der Waals surface area contributed by atoms with Crippen LogP contribution in [0.3, 0.4) is 0 Å². The summed E-state index contributed by atoms with van der Waals surface area (Å²) in [5.41, 5.74) is 6.54. The van der Waals surface area contributed by atoms with Crippen LogP contribution in [0, 0.1) is 5.92 Å². The molecule has 0 amide bonds. The summed E-state index contributed by atoms with van der Waals surface area (Å²) in [6.45, 7) is 23.7. The molecule has 0 spiro atoms. The molecule has 0 aromatic heterocycles. The minimum atomic E-state index is 0.548. The van der Waals surface area contributed by atoms with Crippen molar-refractivity contribution < 1.29 is 0 Å². The normalized spacial score (nSPS) is 11.2. The molecule has 0 aliphatic rings. The van der Waals surface area contributed by atoms with Gasteiger partial charge in [0.25, 0.3) is 0 Å². The first-order chi connectivity index (χ1) is 15.7. The van der Waals surface area contributed by atoms with Crippen molar-refractivity contribution in [3.63, 3.8) is 0 Å². The maximum absolute atomic E-state index is 4.69. The Morgan fingerprint density at radius 1 is 0.818 bits per heavy atom. The standard InChI is InChI=1S/C23H27N.C5H12.C4H10/c1-6-7-8-20-9-11-22(12-10-20)18(4)24-19(5)23-15-13-21(14-16-23)17(2)3;1-4-5(2)3;1-3-4-2/h7-17H,4,6H2,1-3,5H3;5H,4H2,1-3H3;3-4H2,1-2H3/b8-7+,24-19?;;. The summed E-state index contributed by atoms with van der Waals surface area (Å²) in [6, 6.07) is 17.0. The van der Waals surface area contributed by atoms with Gasteiger partial charge in [0.1, 0.15) is 0 Å². The Bertz CT molecular complexity index is 816. The van der Waals surface area contributed by atoms with E-state index in [4.69, 9.17) is 0 Å². The zero-order chi connectivity index (χ0) is 25.2. The van der Waals surface area contributed by atoms with E-state index in [0.29, 0.717) is 5.92 Å². The van der Waals surface area contributed by atoms with Gasteiger partial charge in [-0.2, -0.15) is 0 Å². The van der Waals surface area contributed by atoms with Crippen molar-refractivity contribution in [1.29, 1.82) is 0 Å². The summed E-state index contributed by atoms with van der Waals surface area (Å²) < 4.78 is 0. The van der Waals surface area contributed by atoms with E-state index in [1.807, 2.05) is 6.92 Å². The lowest BCUT2D eigenvalue weighted by molar-refractivity contribution is 0.626. The van der Waals surface area contributed by atoms with Crippen LogP contribution in [0.4, 0.5) is 0 Å². The van der Waals surface area contributed by atoms with E-state index in [2.05, 4.69) is 128 Å². The van der Waals surface area contributed by atoms with Crippen LogP contribution in [-0.4, -0.2) is 5.71 Å². The number of allylic oxidation sites excluding steroid dienone is 1. The highest BCUT2D eigenvalue weighted by molar-refractivity contribution is 6.01. The highest BCUT2D eigenvalue weighted by Gasteiger charge is 2.03. The highest BCUT2D eigenvalue weighted by atomic mass is 14.7. The number of hydrogen-bond acceptors (Lipinski definition) is 1. The quantitative estimate of drug-likeness (QED) is 0.357. The molecule has 0 aliphatic carbocycles. The lowest BCUT2D eigenvalue weighted by Gasteiger charge is -2.08. The van der Waals surface area contributed by atoms with Gasteiger partial charge >= 0.3 is 0 Å². The van der Waals surface area contributed by atoms with E-state index in [1.54, 1.807) is 0 Å². The van der Waals surface area contributed by atoms with Gasteiger partial charge in [0.15, 0.2) is 0 Å². The Morgan fingerprint density at radius 3 is 1.70 bits per heavy atom. The second-order valence-corrected chi connectivity index (χ2v) is 9.16. The lowest BCUT2D eigenvalue weighted by atomic mass is 10.0. The van der Waals surface area contributed by atoms with Gasteiger partial charge in [-0.1, -0.05) is 142 Å². The first-order valence-corrected chi connectivity index (χ1v) is 12.8. The van der Waals surface area contributed by atoms with Gasteiger partial charge in [-0.05, 0) is 47.4 Å². The summed E-state index contributed by atoms with van der Waals surface area (Å²) >= 11 is 0. The van der Waals surface area contributed by atoms with E-state index in [9.17, 15) is 0 Å². The van der Waals surface area contributed by atoms with Crippen LogP contribution in [0.5, 0.6) is 0 Å². The molecule has 0 fully saturated rings. The van der Waals surface area contributed by atoms with E-state index >= 15 is 0 Å². The summed E-state index contributed by atoms with van der Waals surface area (Å²) in [4.78, 5) is 4.69. The average Bonchev–Trinajstić information content (AvgIpc) is 2.83. The van der Waals surface area contributed by atoms with Gasteiger partial charge in [-0.3, -0.25) is 4.99 Å². The molecule has 2 aromatic carbocycles. The van der Waals surface area contributed by atoms with Crippen molar-refractivity contribution in [1.82, 2.24) is 0 Å². The molecule has 182 valence electrons. The third-order valence-electron chi connectivity index (χ3n) is 5.40. The first-order valence-electron chi connectivity index (χ1n) is 12.8. The predicted molar refractivity (Wildman–Crippen MR) is 153 cm³/mol. The molecular weight excluding hydrogens is 398 g/mol. The largest absolute Gasteiger partial charge is 0.253 e. The second-order valence-electron chi connectivity index (χ2n) is 9.16. The molecule has 1 heteroatoms. The third kappa shape index (κ3) is 13.7. The molecule has 0 heterocycles. The fraction of sp³-hybridized carbons (Fsp3) is 0.469. The van der Waals surface area contributed by atoms with E-state index in [-0.39, 0.29) is 0 Å². The van der Waals surface area contributed by atoms with Gasteiger partial charge in [-0.15, -0.1) is 0 Å². The number of nitrogens with zero attached hydrogens (tertiary/aromatic N) is 1. The number of aliphatic imine (C=N–C) groups is 1. The molecule has 33 heavy (non-hydrogen) atoms. The fourth-order valence-electron chi connectivity index (χ4n) is 2.48. The lowest BCUT2D eigenvalue weighted by Crippen LogP contribution is -1.96. The van der Waals surface area contributed by atoms with Crippen LogP contribution in [0.1, 0.15) is 116 Å². The maximum Gasteiger partial charge on any atom is 0.0633 e. The Kier molecular flexibility index (Phi) is 16.7. The molecule has 0 saturated heterocycles. The fourth-order valence-corrected chi connectivity index (χ4v) is 2.48. The van der Waals surface area contributed by atoms with Crippen LogP contribution in [0.2, 0.25) is 0 Å². The molecule has 0 saturated carbocycles. The third-order valence-corrected chi connectivity index (χ3v) is 5.40. The van der Waals surface area contributed by atoms with Crippen LogP contribution in [0.25, 0.3) is 11.8 Å². The molecule has 0 atom stereocenters. The highest BCUT2D eigenvalue weighted by Crippen LogP contribution is 2.19. The SMILES string of the molecule is C=C(N=C(C)c1ccc(C(C)C)cc1)c1ccc(/C=C/CC)cc1.CCC(C)C.CCCC. The molecule has 0 bridgehead atoms. The smallest absolute Gasteiger partial charge is 0.0633 e. The van der Waals surface area contributed by atoms with Crippen molar-refractivity contribution in [2.45, 2.75) is 93.9 Å². The van der Waals surface area contributed by atoms with Gasteiger partial charge < -0.3 is 0 Å². The van der Waals surface area contributed by atoms with Gasteiger partial charge in [-0.25, -0.2) is 0 Å². The number of hydrogen-bond donors (Lipinski definition) is 0. The molecule has 2 aromatic rings. The van der Waals surface area contributed by atoms with Gasteiger partial charge in [0.05, 0.1) is 5.70 Å². The summed E-state index contributed by atoms with van der Waals surface area (Å²) in [6.07, 6.45) is 9.29. The molecular formula is C32H49N. The van der Waals surface area contributed by atoms with Crippen LogP contribution in [-0.2, 0) is 0 Å². The van der Waals surface area contributed by atoms with Crippen molar-refractivity contribution in [2.75, 3.05) is 0 Å². The Hall–Kier alpha value is -2.41. The minimum absolute atomic E-state index is 0.548. The van der Waals surface area contributed by atoms with Crippen LogP contribution in [0.15, 0.2) is 66.2 Å². The molecule has 1 nitrogen and oxygen atoms in total. The first kappa shape index (κ1) is 30.6. The topological polar surface area (TPSA) is 12.4 Å². The van der Waals surface area contributed by atoms with Crippen LogP contribution < -0.4 is 0 Å². The molecule has 0 N–H and O–H groups in total. The predicted octanol–water partition coefficient (Wildman–Crippen LogP) is 10.6. The van der Waals surface area contributed by atoms with Gasteiger partial charge in [0, 0.05) is 5.71 Å². The monoisotopic (exact) mass is 447 g/mol. The van der Waals surface area contributed by atoms with E-state index < -0.39 is 0 Å². The van der Waals surface area contributed by atoms with E-state index in [1.165, 1.54) is 30.4 Å². The summed E-state index contributed by atoms with van der Waals surface area (Å²) in [5, 5.41) is 0. The average molecular weight is 448 g/mol. The second kappa shape index (κ2) is 18.1. The summed E-state index contributed by atoms with van der Waals surface area (Å²) in [7, 11) is 0. The zero-order valence-corrected chi connectivity index (χ0v) is 22.9. The molecule has 2 rings (SSSR count). The molecule has 0 radical (unpaired) electrons. The molecule has 0 unspecified atom stereocenters.